The van der Waals surface area contributed by atoms with Crippen LogP contribution in [0.25, 0.3) is 10.8 Å². The van der Waals surface area contributed by atoms with E-state index in [0.717, 1.165) is 30.5 Å². The highest BCUT2D eigenvalue weighted by Gasteiger charge is 2.55. The summed E-state index contributed by atoms with van der Waals surface area (Å²) in [5.41, 5.74) is 11.0. The van der Waals surface area contributed by atoms with Gasteiger partial charge in [0, 0.05) is 42.0 Å². The SMILES string of the molecule is COC(=O)C1(C(=O)OC)Cc2c(C)c(CCCCl)c(B3N(Cc4ccccc4)c4cccc5cccc(c45)N3P(C3CCCCC3)C3CCCCC3)c(C)c2C1. The third-order valence-corrected chi connectivity index (χ3v) is 17.4. The van der Waals surface area contributed by atoms with Crippen molar-refractivity contribution in [2.75, 3.05) is 29.5 Å². The van der Waals surface area contributed by atoms with E-state index in [-0.39, 0.29) is 19.8 Å². The van der Waals surface area contributed by atoms with Crippen LogP contribution in [0.3, 0.4) is 0 Å². The Balaban J connectivity index is 1.44. The molecule has 6 nitrogen and oxygen atoms in total. The van der Waals surface area contributed by atoms with Gasteiger partial charge in [-0.15, -0.1) is 11.6 Å². The molecule has 0 bridgehead atoms. The minimum Gasteiger partial charge on any atom is -0.468 e. The smallest absolute Gasteiger partial charge is 0.415 e. The quantitative estimate of drug-likeness (QED) is 0.0496. The Labute approximate surface area is 340 Å². The summed E-state index contributed by atoms with van der Waals surface area (Å²) in [5.74, 6) is -0.483. The van der Waals surface area contributed by atoms with E-state index in [4.69, 9.17) is 21.1 Å². The fourth-order valence-electron chi connectivity index (χ4n) is 11.0. The molecule has 9 heteroatoms. The Bertz CT molecular complexity index is 2040. The number of rotatable bonds is 11. The Morgan fingerprint density at radius 1 is 0.768 bits per heavy atom. The van der Waals surface area contributed by atoms with Crippen molar-refractivity contribution in [1.29, 1.82) is 0 Å². The lowest BCUT2D eigenvalue weighted by atomic mass is 9.58. The first-order valence-electron chi connectivity index (χ1n) is 21.1. The zero-order valence-electron chi connectivity index (χ0n) is 33.7. The summed E-state index contributed by atoms with van der Waals surface area (Å²) in [7, 11) is 2.15. The molecule has 4 aromatic rings. The predicted molar refractivity (Wildman–Crippen MR) is 234 cm³/mol. The predicted octanol–water partition coefficient (Wildman–Crippen LogP) is 10.3. The van der Waals surface area contributed by atoms with Gasteiger partial charge in [0.05, 0.1) is 14.2 Å². The highest BCUT2D eigenvalue weighted by Crippen LogP contribution is 2.62. The molecule has 1 aliphatic heterocycles. The van der Waals surface area contributed by atoms with Gasteiger partial charge in [-0.05, 0) is 128 Å². The van der Waals surface area contributed by atoms with Crippen molar-refractivity contribution in [3.63, 3.8) is 0 Å². The number of anilines is 2. The second-order valence-electron chi connectivity index (χ2n) is 16.8. The lowest BCUT2D eigenvalue weighted by molar-refractivity contribution is -0.168. The standard InChI is InChI=1S/C47H57BClN2O4P/c1-32-38(25-16-28-49)44(33(2)40-30-47(29-39(32)40,45(52)54-3)46(53)55-4)48-50(31-34-17-8-5-9-18-34)41-26-14-19-35-20-15-27-42(43(35)41)51(48)56(36-21-10-6-11-22-36)37-23-12-7-13-24-37/h5,8-9,14-15,17-20,26-27,36-37H,6-7,10-13,16,21-25,28-31H2,1-4H3. The molecular formula is C47H57BClN2O4P. The molecule has 0 radical (unpaired) electrons. The summed E-state index contributed by atoms with van der Waals surface area (Å²) in [6.45, 7) is 5.16. The number of hydrogen-bond acceptors (Lipinski definition) is 6. The van der Waals surface area contributed by atoms with Crippen LogP contribution in [0.5, 0.6) is 0 Å². The first kappa shape index (κ1) is 39.3. The summed E-state index contributed by atoms with van der Waals surface area (Å²) >= 11 is 6.56. The number of carbonyl (C=O) groups excluding carboxylic acids is 2. The van der Waals surface area contributed by atoms with Crippen molar-refractivity contribution in [3.8, 4) is 0 Å². The van der Waals surface area contributed by atoms with Crippen molar-refractivity contribution in [2.45, 2.75) is 122 Å². The molecule has 8 rings (SSSR count). The van der Waals surface area contributed by atoms with Gasteiger partial charge >= 0.3 is 18.9 Å². The molecule has 0 saturated heterocycles. The molecule has 0 unspecified atom stereocenters. The number of hydrogen-bond donors (Lipinski definition) is 0. The molecule has 0 amide bonds. The van der Waals surface area contributed by atoms with Gasteiger partial charge in [0.25, 0.3) is 0 Å². The van der Waals surface area contributed by atoms with Gasteiger partial charge in [0.2, 0.25) is 0 Å². The third kappa shape index (κ3) is 6.83. The second kappa shape index (κ2) is 16.7. The molecule has 4 aliphatic rings. The van der Waals surface area contributed by atoms with Gasteiger partial charge in [-0.3, -0.25) is 9.59 Å². The molecule has 0 N–H and O–H groups in total. The maximum atomic E-state index is 13.7. The lowest BCUT2D eigenvalue weighted by Gasteiger charge is -2.54. The van der Waals surface area contributed by atoms with Gasteiger partial charge in [-0.25, -0.2) is 0 Å². The van der Waals surface area contributed by atoms with Crippen LogP contribution in [0, 0.1) is 19.3 Å². The molecule has 2 saturated carbocycles. The van der Waals surface area contributed by atoms with E-state index >= 15 is 0 Å². The summed E-state index contributed by atoms with van der Waals surface area (Å²) in [4.78, 5) is 30.1. The molecule has 0 atom stereocenters. The van der Waals surface area contributed by atoms with Crippen LogP contribution in [0.2, 0.25) is 0 Å². The highest BCUT2D eigenvalue weighted by atomic mass is 35.5. The van der Waals surface area contributed by atoms with E-state index in [1.807, 2.05) is 0 Å². The van der Waals surface area contributed by atoms with Gasteiger partial charge in [0.15, 0.2) is 5.41 Å². The number of ether oxygens (including phenoxy) is 2. The van der Waals surface area contributed by atoms with Gasteiger partial charge < -0.3 is 18.9 Å². The summed E-state index contributed by atoms with van der Waals surface area (Å²) in [6, 6.07) is 24.8. The molecule has 2 fully saturated rings. The maximum Gasteiger partial charge on any atom is 0.415 e. The van der Waals surface area contributed by atoms with E-state index in [9.17, 15) is 9.59 Å². The van der Waals surface area contributed by atoms with E-state index in [1.165, 1.54) is 128 Å². The fourth-order valence-corrected chi connectivity index (χ4v) is 15.1. The molecule has 4 aromatic carbocycles. The Morgan fingerprint density at radius 3 is 1.91 bits per heavy atom. The van der Waals surface area contributed by atoms with E-state index in [2.05, 4.69) is 90.0 Å². The Kier molecular flexibility index (Phi) is 11.8. The first-order valence-corrected chi connectivity index (χ1v) is 23.1. The number of carbonyl (C=O) groups is 2. The Hall–Kier alpha value is -3.54. The summed E-state index contributed by atoms with van der Waals surface area (Å²) in [5, 5.41) is 2.64. The van der Waals surface area contributed by atoms with Crippen LogP contribution in [-0.4, -0.2) is 50.3 Å². The van der Waals surface area contributed by atoms with E-state index in [1.54, 1.807) is 0 Å². The Morgan fingerprint density at radius 2 is 1.34 bits per heavy atom. The number of fused-ring (bicyclic) bond motifs is 1. The largest absolute Gasteiger partial charge is 0.468 e. The minimum absolute atomic E-state index is 0.0914. The lowest BCUT2D eigenvalue weighted by Crippen LogP contribution is -2.63. The number of alkyl halides is 1. The number of halogens is 1. The molecule has 0 spiro atoms. The minimum atomic E-state index is -1.41. The molecular weight excluding hydrogens is 734 g/mol. The topological polar surface area (TPSA) is 59.1 Å². The molecule has 294 valence electrons. The molecule has 3 aliphatic carbocycles. The monoisotopic (exact) mass is 790 g/mol. The normalized spacial score (nSPS) is 18.4. The second-order valence-corrected chi connectivity index (χ2v) is 19.8. The van der Waals surface area contributed by atoms with Crippen LogP contribution >= 0.6 is 19.7 Å². The van der Waals surface area contributed by atoms with Gasteiger partial charge in [-0.2, -0.15) is 0 Å². The van der Waals surface area contributed by atoms with E-state index in [0.29, 0.717) is 17.2 Å². The zero-order valence-corrected chi connectivity index (χ0v) is 35.4. The number of esters is 2. The number of benzene rings is 4. The summed E-state index contributed by atoms with van der Waals surface area (Å²) < 4.78 is 13.8. The van der Waals surface area contributed by atoms with Crippen LogP contribution in [0.4, 0.5) is 11.4 Å². The maximum absolute atomic E-state index is 13.7. The zero-order chi connectivity index (χ0) is 39.0. The highest BCUT2D eigenvalue weighted by molar-refractivity contribution is 7.63. The van der Waals surface area contributed by atoms with Gasteiger partial charge in [-0.1, -0.05) is 93.1 Å². The van der Waals surface area contributed by atoms with Crippen LogP contribution < -0.4 is 14.9 Å². The van der Waals surface area contributed by atoms with Crippen molar-refractivity contribution in [1.82, 2.24) is 0 Å². The van der Waals surface area contributed by atoms with E-state index < -0.39 is 25.4 Å². The van der Waals surface area contributed by atoms with Crippen LogP contribution in [-0.2, 0) is 44.9 Å². The van der Waals surface area contributed by atoms with Crippen LogP contribution in [0.1, 0.15) is 104 Å². The molecule has 1 heterocycles. The van der Waals surface area contributed by atoms with Gasteiger partial charge in [0.1, 0.15) is 0 Å². The van der Waals surface area contributed by atoms with Crippen molar-refractivity contribution < 1.29 is 19.1 Å². The fraction of sp³-hybridized carbons (Fsp3) is 0.489. The van der Waals surface area contributed by atoms with Crippen LogP contribution in [0.15, 0.2) is 66.7 Å². The van der Waals surface area contributed by atoms with Crippen molar-refractivity contribution in [3.05, 3.63) is 100 Å². The molecule has 0 aromatic heterocycles. The average molecular weight is 791 g/mol. The number of methoxy groups -OCH3 is 2. The third-order valence-electron chi connectivity index (χ3n) is 13.7. The summed E-state index contributed by atoms with van der Waals surface area (Å²) in [6.07, 6.45) is 15.3. The van der Waals surface area contributed by atoms with Crippen molar-refractivity contribution >= 4 is 66.2 Å². The van der Waals surface area contributed by atoms with Crippen molar-refractivity contribution in [2.24, 2.45) is 5.41 Å². The average Bonchev–Trinajstić information content (AvgIpc) is 3.67. The first-order chi connectivity index (χ1) is 27.3. The molecule has 56 heavy (non-hydrogen) atoms. The number of nitrogens with zero attached hydrogens (tertiary/aromatic N) is 2.